The normalized spacial score (nSPS) is 17.1. The van der Waals surface area contributed by atoms with E-state index in [-0.39, 0.29) is 30.9 Å². The number of ether oxygens (including phenoxy) is 3. The predicted molar refractivity (Wildman–Crippen MR) is 147 cm³/mol. The lowest BCUT2D eigenvalue weighted by Crippen LogP contribution is -2.39. The number of nitrogens with zero attached hydrogens (tertiary/aromatic N) is 4. The van der Waals surface area contributed by atoms with Crippen molar-refractivity contribution in [2.75, 3.05) is 45.8 Å². The molecule has 2 aromatic carbocycles. The molecule has 10 nitrogen and oxygen atoms in total. The van der Waals surface area contributed by atoms with E-state index >= 15 is 0 Å². The van der Waals surface area contributed by atoms with Crippen LogP contribution in [-0.4, -0.2) is 77.5 Å². The first-order chi connectivity index (χ1) is 19.4. The van der Waals surface area contributed by atoms with Crippen LogP contribution in [0.5, 0.6) is 6.01 Å². The fourth-order valence-corrected chi connectivity index (χ4v) is 4.13. The van der Waals surface area contributed by atoms with Crippen LogP contribution in [-0.2, 0) is 20.7 Å². The Bertz CT molecular complexity index is 1410. The van der Waals surface area contributed by atoms with Gasteiger partial charge in [-0.15, -0.1) is 0 Å². The number of likely N-dealkylation sites (N-methyl/N-ethyl adjacent to an activating group) is 1. The van der Waals surface area contributed by atoms with Gasteiger partial charge in [0, 0.05) is 24.0 Å². The summed E-state index contributed by atoms with van der Waals surface area (Å²) in [7, 11) is 3.92. The maximum Gasteiger partial charge on any atom is 0.316 e. The average Bonchev–Trinajstić information content (AvgIpc) is 3.38. The van der Waals surface area contributed by atoms with Crippen molar-refractivity contribution in [3.05, 3.63) is 78.5 Å². The van der Waals surface area contributed by atoms with Crippen molar-refractivity contribution in [1.29, 1.82) is 0 Å². The van der Waals surface area contributed by atoms with Crippen molar-refractivity contribution >= 4 is 11.6 Å². The van der Waals surface area contributed by atoms with Crippen LogP contribution in [0.2, 0.25) is 0 Å². The van der Waals surface area contributed by atoms with E-state index in [0.717, 1.165) is 17.8 Å². The smallest absolute Gasteiger partial charge is 0.316 e. The maximum atomic E-state index is 13.6. The maximum absolute atomic E-state index is 13.6. The third-order valence-electron chi connectivity index (χ3n) is 6.27. The summed E-state index contributed by atoms with van der Waals surface area (Å²) in [5.41, 5.74) is 3.26. The van der Waals surface area contributed by atoms with Crippen LogP contribution in [0.25, 0.3) is 22.6 Å². The van der Waals surface area contributed by atoms with Crippen LogP contribution in [0.4, 0.5) is 10.1 Å². The predicted octanol–water partition coefficient (Wildman–Crippen LogP) is 3.78. The standard InChI is InChI=1S/C29H31FN6O4/c1-36(2)14-15-38-29-31-13-12-23(33-29)27-26(19-8-10-21(30)11-9-19)34-24(35-27)16-25-39-17-20(18-40-25)28(37)32-22-6-4-3-5-7-22/h3-13,20,25H,14-18H2,1-2H3,(H,32,37)(H,34,35). The molecule has 3 heterocycles. The minimum atomic E-state index is -0.587. The molecule has 0 aliphatic carbocycles. The van der Waals surface area contributed by atoms with Crippen molar-refractivity contribution in [2.45, 2.75) is 12.7 Å². The minimum Gasteiger partial charge on any atom is -0.462 e. The molecule has 0 spiro atoms. The van der Waals surface area contributed by atoms with Gasteiger partial charge in [0.05, 0.1) is 42.6 Å². The third-order valence-corrected chi connectivity index (χ3v) is 6.27. The number of rotatable bonds is 10. The zero-order valence-electron chi connectivity index (χ0n) is 22.3. The van der Waals surface area contributed by atoms with Crippen molar-refractivity contribution in [1.82, 2.24) is 24.8 Å². The quantitative estimate of drug-likeness (QED) is 0.309. The highest BCUT2D eigenvalue weighted by Gasteiger charge is 2.29. The minimum absolute atomic E-state index is 0.157. The fourth-order valence-electron chi connectivity index (χ4n) is 4.13. The lowest BCUT2D eigenvalue weighted by atomic mass is 10.1. The molecular formula is C29H31FN6O4. The number of amides is 1. The van der Waals surface area contributed by atoms with Gasteiger partial charge in [-0.05, 0) is 56.6 Å². The third kappa shape index (κ3) is 7.06. The Balaban J connectivity index is 1.30. The van der Waals surface area contributed by atoms with Crippen molar-refractivity contribution in [2.24, 2.45) is 5.92 Å². The van der Waals surface area contributed by atoms with Gasteiger partial charge in [-0.2, -0.15) is 4.98 Å². The number of benzene rings is 2. The first-order valence-electron chi connectivity index (χ1n) is 13.0. The summed E-state index contributed by atoms with van der Waals surface area (Å²) in [5.74, 6) is -0.323. The number of anilines is 1. The van der Waals surface area contributed by atoms with Crippen LogP contribution in [0.1, 0.15) is 5.82 Å². The molecular weight excluding hydrogens is 515 g/mol. The van der Waals surface area contributed by atoms with Gasteiger partial charge in [-0.3, -0.25) is 4.79 Å². The van der Waals surface area contributed by atoms with Crippen LogP contribution in [0.3, 0.4) is 0 Å². The Morgan fingerprint density at radius 1 is 1.07 bits per heavy atom. The summed E-state index contributed by atoms with van der Waals surface area (Å²) in [6.45, 7) is 1.61. The largest absolute Gasteiger partial charge is 0.462 e. The van der Waals surface area contributed by atoms with Crippen LogP contribution in [0.15, 0.2) is 66.9 Å². The molecule has 1 aliphatic heterocycles. The van der Waals surface area contributed by atoms with E-state index in [9.17, 15) is 9.18 Å². The van der Waals surface area contributed by atoms with E-state index in [1.165, 1.54) is 12.1 Å². The Hall–Kier alpha value is -4.19. The molecule has 40 heavy (non-hydrogen) atoms. The first kappa shape index (κ1) is 27.4. The van der Waals surface area contributed by atoms with Crippen LogP contribution in [0, 0.1) is 11.7 Å². The second-order valence-corrected chi connectivity index (χ2v) is 9.64. The number of para-hydroxylation sites is 1. The molecule has 2 aromatic heterocycles. The summed E-state index contributed by atoms with van der Waals surface area (Å²) in [6.07, 6.45) is 1.35. The molecule has 2 N–H and O–H groups in total. The highest BCUT2D eigenvalue weighted by atomic mass is 19.1. The number of carbonyl (C=O) groups is 1. The van der Waals surface area contributed by atoms with Gasteiger partial charge in [0.2, 0.25) is 5.91 Å². The Labute approximate surface area is 231 Å². The molecule has 1 saturated heterocycles. The van der Waals surface area contributed by atoms with E-state index in [0.29, 0.717) is 35.9 Å². The van der Waals surface area contributed by atoms with Crippen molar-refractivity contribution < 1.29 is 23.4 Å². The monoisotopic (exact) mass is 546 g/mol. The number of aromatic nitrogens is 4. The molecule has 1 amide bonds. The summed E-state index contributed by atoms with van der Waals surface area (Å²) >= 11 is 0. The van der Waals surface area contributed by atoms with Gasteiger partial charge in [0.1, 0.15) is 18.2 Å². The van der Waals surface area contributed by atoms with Crippen LogP contribution < -0.4 is 10.1 Å². The molecule has 208 valence electrons. The lowest BCUT2D eigenvalue weighted by molar-refractivity contribution is -0.199. The number of nitrogens with one attached hydrogen (secondary N) is 2. The molecule has 0 bridgehead atoms. The van der Waals surface area contributed by atoms with Gasteiger partial charge < -0.3 is 29.4 Å². The first-order valence-corrected chi connectivity index (χ1v) is 13.0. The topological polar surface area (TPSA) is 114 Å². The molecule has 0 unspecified atom stereocenters. The van der Waals surface area contributed by atoms with Crippen LogP contribution >= 0.6 is 0 Å². The van der Waals surface area contributed by atoms with E-state index < -0.39 is 12.2 Å². The molecule has 4 aromatic rings. The number of hydrogen-bond acceptors (Lipinski definition) is 8. The lowest BCUT2D eigenvalue weighted by Gasteiger charge is -2.28. The summed E-state index contributed by atoms with van der Waals surface area (Å²) < 4.78 is 31.1. The molecule has 1 fully saturated rings. The van der Waals surface area contributed by atoms with Gasteiger partial charge in [-0.1, -0.05) is 18.2 Å². The van der Waals surface area contributed by atoms with E-state index in [2.05, 4.69) is 20.3 Å². The molecule has 0 radical (unpaired) electrons. The molecule has 1 aliphatic rings. The van der Waals surface area contributed by atoms with Gasteiger partial charge in [0.15, 0.2) is 6.29 Å². The van der Waals surface area contributed by atoms with Crippen molar-refractivity contribution in [3.8, 4) is 28.7 Å². The number of carbonyl (C=O) groups excluding carboxylic acids is 1. The fraction of sp³-hybridized carbons (Fsp3) is 0.310. The Morgan fingerprint density at radius 3 is 2.55 bits per heavy atom. The Morgan fingerprint density at radius 2 is 1.82 bits per heavy atom. The number of H-pyrrole nitrogens is 1. The SMILES string of the molecule is CN(C)CCOc1nccc(-c2[nH]c(CC3OCC(C(=O)Nc4ccccc4)CO3)nc2-c2ccc(F)cc2)n1. The number of imidazole rings is 1. The van der Waals surface area contributed by atoms with E-state index in [4.69, 9.17) is 19.2 Å². The molecule has 11 heteroatoms. The number of hydrogen-bond donors (Lipinski definition) is 2. The zero-order chi connectivity index (χ0) is 27.9. The zero-order valence-corrected chi connectivity index (χ0v) is 22.3. The molecule has 0 atom stereocenters. The number of halogens is 1. The highest BCUT2D eigenvalue weighted by molar-refractivity contribution is 5.92. The van der Waals surface area contributed by atoms with E-state index in [1.807, 2.05) is 49.3 Å². The van der Waals surface area contributed by atoms with Crippen molar-refractivity contribution in [3.63, 3.8) is 0 Å². The number of aromatic amines is 1. The summed E-state index contributed by atoms with van der Waals surface area (Å²) in [6, 6.07) is 17.4. The molecule has 5 rings (SSSR count). The van der Waals surface area contributed by atoms with E-state index in [1.54, 1.807) is 24.4 Å². The highest BCUT2D eigenvalue weighted by Crippen LogP contribution is 2.30. The summed E-state index contributed by atoms with van der Waals surface area (Å²) in [4.78, 5) is 31.5. The summed E-state index contributed by atoms with van der Waals surface area (Å²) in [5, 5.41) is 2.88. The second-order valence-electron chi connectivity index (χ2n) is 9.64. The second kappa shape index (κ2) is 12.8. The molecule has 0 saturated carbocycles. The average molecular weight is 547 g/mol. The van der Waals surface area contributed by atoms with Gasteiger partial charge >= 0.3 is 6.01 Å². The van der Waals surface area contributed by atoms with Gasteiger partial charge in [0.25, 0.3) is 0 Å². The Kier molecular flexibility index (Phi) is 8.74. The van der Waals surface area contributed by atoms with Gasteiger partial charge in [-0.25, -0.2) is 14.4 Å².